The summed E-state index contributed by atoms with van der Waals surface area (Å²) in [6.07, 6.45) is 0.0809. The lowest BCUT2D eigenvalue weighted by atomic mass is 10.2. The minimum Gasteiger partial charge on any atom is -0.379 e. The molecule has 2 aromatic rings. The largest absolute Gasteiger partial charge is 0.379 e. The number of nitrogens with two attached hydrogens (primary N) is 1. The standard InChI is InChI=1S/C13H13N5O4S/c14-12(20)9-7-23-13(16-9)17-11(19)5-6-15-8-3-1-2-4-10(8)18(21)22/h1-4,7,15H,5-6H2,(H2,14,20)(H,16,17,19). The van der Waals surface area contributed by atoms with Crippen molar-refractivity contribution in [3.05, 3.63) is 45.5 Å². The summed E-state index contributed by atoms with van der Waals surface area (Å²) >= 11 is 1.09. The number of nitrogens with one attached hydrogen (secondary N) is 2. The lowest BCUT2D eigenvalue weighted by molar-refractivity contribution is -0.384. The highest BCUT2D eigenvalue weighted by atomic mass is 32.1. The van der Waals surface area contributed by atoms with Gasteiger partial charge in [-0.3, -0.25) is 19.7 Å². The second-order valence-corrected chi connectivity index (χ2v) is 5.26. The maximum absolute atomic E-state index is 11.8. The fourth-order valence-electron chi connectivity index (χ4n) is 1.72. The molecule has 0 aliphatic carbocycles. The number of hydrogen-bond donors (Lipinski definition) is 3. The number of carbonyl (C=O) groups excluding carboxylic acids is 2. The van der Waals surface area contributed by atoms with Crippen molar-refractivity contribution in [3.63, 3.8) is 0 Å². The zero-order valence-corrected chi connectivity index (χ0v) is 12.6. The van der Waals surface area contributed by atoms with Crippen LogP contribution in [-0.2, 0) is 4.79 Å². The molecule has 0 aliphatic heterocycles. The fraction of sp³-hybridized carbons (Fsp3) is 0.154. The molecule has 1 aromatic carbocycles. The number of primary amides is 1. The highest BCUT2D eigenvalue weighted by molar-refractivity contribution is 7.14. The smallest absolute Gasteiger partial charge is 0.292 e. The molecule has 0 bridgehead atoms. The number of carbonyl (C=O) groups is 2. The van der Waals surface area contributed by atoms with Gasteiger partial charge in [-0.05, 0) is 6.07 Å². The average Bonchev–Trinajstić information content (AvgIpc) is 2.96. The number of hydrogen-bond acceptors (Lipinski definition) is 7. The summed E-state index contributed by atoms with van der Waals surface area (Å²) in [7, 11) is 0. The summed E-state index contributed by atoms with van der Waals surface area (Å²) in [4.78, 5) is 36.9. The van der Waals surface area contributed by atoms with Crippen molar-refractivity contribution in [1.29, 1.82) is 0 Å². The van der Waals surface area contributed by atoms with Crippen molar-refractivity contribution in [2.24, 2.45) is 5.73 Å². The zero-order valence-electron chi connectivity index (χ0n) is 11.8. The van der Waals surface area contributed by atoms with Crippen LogP contribution in [0.1, 0.15) is 16.9 Å². The molecule has 9 nitrogen and oxygen atoms in total. The third-order valence-electron chi connectivity index (χ3n) is 2.77. The molecule has 0 aliphatic rings. The summed E-state index contributed by atoms with van der Waals surface area (Å²) < 4.78 is 0. The van der Waals surface area contributed by atoms with Gasteiger partial charge in [0.15, 0.2) is 5.13 Å². The summed E-state index contributed by atoms with van der Waals surface area (Å²) in [5.41, 5.74) is 5.44. The van der Waals surface area contributed by atoms with Crippen molar-refractivity contribution in [2.45, 2.75) is 6.42 Å². The van der Waals surface area contributed by atoms with Gasteiger partial charge < -0.3 is 16.4 Å². The van der Waals surface area contributed by atoms with Crippen molar-refractivity contribution in [2.75, 3.05) is 17.2 Å². The first-order chi connectivity index (χ1) is 11.0. The van der Waals surface area contributed by atoms with E-state index in [1.54, 1.807) is 18.2 Å². The average molecular weight is 335 g/mol. The third-order valence-corrected chi connectivity index (χ3v) is 3.53. The van der Waals surface area contributed by atoms with E-state index in [2.05, 4.69) is 15.6 Å². The number of nitro benzene ring substituents is 1. The molecular formula is C13H13N5O4S. The summed E-state index contributed by atoms with van der Waals surface area (Å²) in [5.74, 6) is -0.999. The molecular weight excluding hydrogens is 322 g/mol. The Hall–Kier alpha value is -3.01. The maximum atomic E-state index is 11.8. The van der Waals surface area contributed by atoms with Crippen LogP contribution in [0, 0.1) is 10.1 Å². The minimum absolute atomic E-state index is 0.0565. The molecule has 0 spiro atoms. The van der Waals surface area contributed by atoms with E-state index in [9.17, 15) is 19.7 Å². The van der Waals surface area contributed by atoms with Gasteiger partial charge in [-0.2, -0.15) is 0 Å². The number of aromatic nitrogens is 1. The molecule has 0 fully saturated rings. The molecule has 1 aromatic heterocycles. The molecule has 2 rings (SSSR count). The molecule has 0 saturated heterocycles. The van der Waals surface area contributed by atoms with Gasteiger partial charge in [0.1, 0.15) is 11.4 Å². The Bertz CT molecular complexity index is 745. The van der Waals surface area contributed by atoms with Crippen LogP contribution >= 0.6 is 11.3 Å². The van der Waals surface area contributed by atoms with Crippen LogP contribution in [0.2, 0.25) is 0 Å². The Morgan fingerprint density at radius 3 is 2.74 bits per heavy atom. The van der Waals surface area contributed by atoms with Gasteiger partial charge in [-0.15, -0.1) is 11.3 Å². The molecule has 2 amide bonds. The van der Waals surface area contributed by atoms with Gasteiger partial charge in [-0.1, -0.05) is 12.1 Å². The third kappa shape index (κ3) is 4.48. The number of thiazole rings is 1. The second-order valence-electron chi connectivity index (χ2n) is 4.40. The van der Waals surface area contributed by atoms with Gasteiger partial charge in [-0.25, -0.2) is 4.98 Å². The van der Waals surface area contributed by atoms with Gasteiger partial charge in [0.25, 0.3) is 11.6 Å². The topological polar surface area (TPSA) is 140 Å². The number of nitrogens with zero attached hydrogens (tertiary/aromatic N) is 2. The van der Waals surface area contributed by atoms with E-state index >= 15 is 0 Å². The van der Waals surface area contributed by atoms with E-state index in [0.717, 1.165) is 11.3 Å². The second kappa shape index (κ2) is 7.31. The van der Waals surface area contributed by atoms with Crippen molar-refractivity contribution in [1.82, 2.24) is 4.98 Å². The lowest BCUT2D eigenvalue weighted by Gasteiger charge is -2.06. The number of anilines is 2. The van der Waals surface area contributed by atoms with Crippen LogP contribution in [0.15, 0.2) is 29.6 Å². The molecule has 23 heavy (non-hydrogen) atoms. The van der Waals surface area contributed by atoms with Gasteiger partial charge >= 0.3 is 0 Å². The van der Waals surface area contributed by atoms with E-state index in [-0.39, 0.29) is 35.4 Å². The number of para-hydroxylation sites is 2. The SMILES string of the molecule is NC(=O)c1csc(NC(=O)CCNc2ccccc2[N+](=O)[O-])n1. The fourth-order valence-corrected chi connectivity index (χ4v) is 2.44. The van der Waals surface area contributed by atoms with Crippen LogP contribution < -0.4 is 16.4 Å². The first-order valence-electron chi connectivity index (χ1n) is 6.50. The Balaban J connectivity index is 1.85. The predicted octanol–water partition coefficient (Wildman–Crippen LogP) is 1.59. The molecule has 0 unspecified atom stereocenters. The summed E-state index contributed by atoms with van der Waals surface area (Å²) in [6.45, 7) is 0.213. The molecule has 0 radical (unpaired) electrons. The van der Waals surface area contributed by atoms with Crippen LogP contribution in [0.4, 0.5) is 16.5 Å². The minimum atomic E-state index is -0.667. The van der Waals surface area contributed by atoms with E-state index < -0.39 is 10.8 Å². The molecule has 4 N–H and O–H groups in total. The van der Waals surface area contributed by atoms with Crippen molar-refractivity contribution >= 4 is 39.7 Å². The van der Waals surface area contributed by atoms with Crippen LogP contribution in [0.3, 0.4) is 0 Å². The lowest BCUT2D eigenvalue weighted by Crippen LogP contribution is -2.17. The number of benzene rings is 1. The Kier molecular flexibility index (Phi) is 5.20. The quantitative estimate of drug-likeness (QED) is 0.518. The molecule has 1 heterocycles. The first kappa shape index (κ1) is 16.4. The highest BCUT2D eigenvalue weighted by Gasteiger charge is 2.13. The Labute approximate surface area is 134 Å². The zero-order chi connectivity index (χ0) is 16.8. The first-order valence-corrected chi connectivity index (χ1v) is 7.38. The van der Waals surface area contributed by atoms with Crippen LogP contribution in [-0.4, -0.2) is 28.3 Å². The molecule has 10 heteroatoms. The number of rotatable bonds is 7. The molecule has 120 valence electrons. The highest BCUT2D eigenvalue weighted by Crippen LogP contribution is 2.23. The van der Waals surface area contributed by atoms with Crippen LogP contribution in [0.25, 0.3) is 0 Å². The maximum Gasteiger partial charge on any atom is 0.292 e. The van der Waals surface area contributed by atoms with Crippen molar-refractivity contribution in [3.8, 4) is 0 Å². The van der Waals surface area contributed by atoms with Crippen LogP contribution in [0.5, 0.6) is 0 Å². The Morgan fingerprint density at radius 1 is 1.35 bits per heavy atom. The summed E-state index contributed by atoms with van der Waals surface area (Å²) in [5, 5.41) is 17.9. The Morgan fingerprint density at radius 2 is 2.09 bits per heavy atom. The van der Waals surface area contributed by atoms with Gasteiger partial charge in [0.05, 0.1) is 4.92 Å². The summed E-state index contributed by atoms with van der Waals surface area (Å²) in [6, 6.07) is 6.17. The molecule has 0 saturated carbocycles. The monoisotopic (exact) mass is 335 g/mol. The van der Waals surface area contributed by atoms with Crippen molar-refractivity contribution < 1.29 is 14.5 Å². The number of nitro groups is 1. The normalized spacial score (nSPS) is 10.1. The van der Waals surface area contributed by atoms with E-state index in [0.29, 0.717) is 5.69 Å². The number of amides is 2. The van der Waals surface area contributed by atoms with E-state index in [1.807, 2.05) is 0 Å². The van der Waals surface area contributed by atoms with Gasteiger partial charge in [0, 0.05) is 24.4 Å². The van der Waals surface area contributed by atoms with E-state index in [4.69, 9.17) is 5.73 Å². The molecule has 0 atom stereocenters. The van der Waals surface area contributed by atoms with Gasteiger partial charge in [0.2, 0.25) is 5.91 Å². The predicted molar refractivity (Wildman–Crippen MR) is 85.5 cm³/mol. The van der Waals surface area contributed by atoms with E-state index in [1.165, 1.54) is 11.4 Å².